The van der Waals surface area contributed by atoms with Crippen molar-refractivity contribution in [2.45, 2.75) is 25.8 Å². The van der Waals surface area contributed by atoms with Crippen molar-refractivity contribution in [1.29, 1.82) is 0 Å². The molecule has 29 heavy (non-hydrogen) atoms. The van der Waals surface area contributed by atoms with E-state index in [1.54, 1.807) is 18.0 Å². The maximum Gasteiger partial charge on any atom is 0.317 e. The van der Waals surface area contributed by atoms with Crippen molar-refractivity contribution in [3.05, 3.63) is 76.1 Å². The second kappa shape index (κ2) is 9.69. The summed E-state index contributed by atoms with van der Waals surface area (Å²) in [6.07, 6.45) is 1.54. The summed E-state index contributed by atoms with van der Waals surface area (Å²) >= 11 is 3.52. The first-order chi connectivity index (χ1) is 13.9. The summed E-state index contributed by atoms with van der Waals surface area (Å²) in [6, 6.07) is 15.9. The number of halogens is 2. The molecule has 0 bridgehead atoms. The van der Waals surface area contributed by atoms with Gasteiger partial charge in [-0.1, -0.05) is 46.3 Å². The lowest BCUT2D eigenvalue weighted by Crippen LogP contribution is -2.39. The van der Waals surface area contributed by atoms with E-state index in [1.807, 2.05) is 43.3 Å². The number of amides is 2. The first kappa shape index (κ1) is 21.0. The molecule has 2 N–H and O–H groups in total. The van der Waals surface area contributed by atoms with Crippen molar-refractivity contribution < 1.29 is 9.18 Å². The molecule has 0 saturated carbocycles. The van der Waals surface area contributed by atoms with Crippen molar-refractivity contribution in [2.24, 2.45) is 0 Å². The average molecular weight is 459 g/mol. The predicted octanol–water partition coefficient (Wildman–Crippen LogP) is 5.31. The van der Waals surface area contributed by atoms with Gasteiger partial charge in [0, 0.05) is 29.3 Å². The van der Waals surface area contributed by atoms with Crippen LogP contribution in [0.3, 0.4) is 0 Å². The van der Waals surface area contributed by atoms with Crippen LogP contribution in [0.4, 0.5) is 9.18 Å². The van der Waals surface area contributed by atoms with E-state index < -0.39 is 0 Å². The van der Waals surface area contributed by atoms with Gasteiger partial charge in [0.05, 0.1) is 11.7 Å². The number of H-pyrrole nitrogens is 1. The van der Waals surface area contributed by atoms with Crippen LogP contribution >= 0.6 is 15.9 Å². The average Bonchev–Trinajstić information content (AvgIpc) is 3.17. The van der Waals surface area contributed by atoms with Crippen LogP contribution < -0.4 is 5.32 Å². The van der Waals surface area contributed by atoms with Gasteiger partial charge < -0.3 is 10.2 Å². The smallest absolute Gasteiger partial charge is 0.317 e. The van der Waals surface area contributed by atoms with E-state index in [4.69, 9.17) is 0 Å². The standard InChI is InChI=1S/C22H24BrFN4O/c1-15(19-10-3-4-11-20(19)23)25-22(29)28(2)12-6-9-18-14-21(27-26-18)16-7-5-8-17(24)13-16/h3-5,7-8,10-11,13-15H,6,9,12H2,1-2H3,(H,25,29)(H,26,27). The fourth-order valence-electron chi connectivity index (χ4n) is 3.09. The number of aromatic amines is 1. The van der Waals surface area contributed by atoms with Gasteiger partial charge in [-0.2, -0.15) is 5.10 Å². The minimum absolute atomic E-state index is 0.0954. The second-order valence-corrected chi connectivity index (χ2v) is 7.86. The molecule has 0 aliphatic rings. The summed E-state index contributed by atoms with van der Waals surface area (Å²) in [5.74, 6) is -0.281. The molecule has 1 aromatic heterocycles. The normalized spacial score (nSPS) is 11.9. The maximum absolute atomic E-state index is 13.4. The molecule has 7 heteroatoms. The highest BCUT2D eigenvalue weighted by atomic mass is 79.9. The number of benzene rings is 2. The summed E-state index contributed by atoms with van der Waals surface area (Å²) in [7, 11) is 1.78. The summed E-state index contributed by atoms with van der Waals surface area (Å²) in [6.45, 7) is 2.58. The lowest BCUT2D eigenvalue weighted by molar-refractivity contribution is 0.205. The van der Waals surface area contributed by atoms with Crippen molar-refractivity contribution in [1.82, 2.24) is 20.4 Å². The number of aryl methyl sites for hydroxylation is 1. The number of carbonyl (C=O) groups is 1. The molecule has 0 spiro atoms. The van der Waals surface area contributed by atoms with Crippen LogP contribution in [0, 0.1) is 5.82 Å². The molecule has 0 saturated heterocycles. The SMILES string of the molecule is CC(NC(=O)N(C)CCCc1cc(-c2cccc(F)c2)n[nH]1)c1ccccc1Br. The van der Waals surface area contributed by atoms with Gasteiger partial charge in [0.15, 0.2) is 0 Å². The number of nitrogens with one attached hydrogen (secondary N) is 2. The lowest BCUT2D eigenvalue weighted by Gasteiger charge is -2.22. The molecule has 0 radical (unpaired) electrons. The molecule has 0 aliphatic heterocycles. The van der Waals surface area contributed by atoms with Gasteiger partial charge >= 0.3 is 6.03 Å². The van der Waals surface area contributed by atoms with Gasteiger partial charge in [-0.05, 0) is 49.6 Å². The van der Waals surface area contributed by atoms with Gasteiger partial charge in [-0.25, -0.2) is 9.18 Å². The van der Waals surface area contributed by atoms with Crippen molar-refractivity contribution in [3.8, 4) is 11.3 Å². The molecule has 3 aromatic rings. The van der Waals surface area contributed by atoms with E-state index in [1.165, 1.54) is 12.1 Å². The summed E-state index contributed by atoms with van der Waals surface area (Å²) in [5.41, 5.74) is 3.45. The molecule has 0 aliphatic carbocycles. The zero-order valence-electron chi connectivity index (χ0n) is 16.5. The lowest BCUT2D eigenvalue weighted by atomic mass is 10.1. The summed E-state index contributed by atoms with van der Waals surface area (Å²) < 4.78 is 14.3. The Morgan fingerprint density at radius 2 is 2.03 bits per heavy atom. The van der Waals surface area contributed by atoms with Gasteiger partial charge in [-0.15, -0.1) is 0 Å². The monoisotopic (exact) mass is 458 g/mol. The van der Waals surface area contributed by atoms with Gasteiger partial charge in [0.2, 0.25) is 0 Å². The highest BCUT2D eigenvalue weighted by molar-refractivity contribution is 9.10. The Hall–Kier alpha value is -2.67. The van der Waals surface area contributed by atoms with E-state index in [0.29, 0.717) is 12.2 Å². The second-order valence-electron chi connectivity index (χ2n) is 7.01. The predicted molar refractivity (Wildman–Crippen MR) is 116 cm³/mol. The first-order valence-corrected chi connectivity index (χ1v) is 10.3. The zero-order valence-corrected chi connectivity index (χ0v) is 18.0. The third-order valence-electron chi connectivity index (χ3n) is 4.75. The molecule has 1 unspecified atom stereocenters. The minimum Gasteiger partial charge on any atom is -0.331 e. The minimum atomic E-state index is -0.281. The number of carbonyl (C=O) groups excluding carboxylic acids is 1. The summed E-state index contributed by atoms with van der Waals surface area (Å²) in [5, 5.41) is 10.3. The molecule has 1 atom stereocenters. The Balaban J connectivity index is 1.48. The largest absolute Gasteiger partial charge is 0.331 e. The molecule has 3 rings (SSSR count). The molecule has 152 valence electrons. The molecule has 5 nitrogen and oxygen atoms in total. The molecule has 2 aromatic carbocycles. The van der Waals surface area contributed by atoms with Gasteiger partial charge in [0.25, 0.3) is 0 Å². The van der Waals surface area contributed by atoms with Crippen LogP contribution in [0.25, 0.3) is 11.3 Å². The number of rotatable bonds is 7. The maximum atomic E-state index is 13.4. The van der Waals surface area contributed by atoms with Crippen LogP contribution in [-0.4, -0.2) is 34.7 Å². The molecular weight excluding hydrogens is 435 g/mol. The van der Waals surface area contributed by atoms with E-state index in [9.17, 15) is 9.18 Å². The number of urea groups is 1. The van der Waals surface area contributed by atoms with Crippen molar-refractivity contribution in [3.63, 3.8) is 0 Å². The number of nitrogens with zero attached hydrogens (tertiary/aromatic N) is 2. The molecule has 0 fully saturated rings. The topological polar surface area (TPSA) is 61.0 Å². The number of aromatic nitrogens is 2. The van der Waals surface area contributed by atoms with Crippen molar-refractivity contribution in [2.75, 3.05) is 13.6 Å². The molecule has 1 heterocycles. The zero-order chi connectivity index (χ0) is 20.8. The third-order valence-corrected chi connectivity index (χ3v) is 5.47. The Morgan fingerprint density at radius 1 is 1.24 bits per heavy atom. The van der Waals surface area contributed by atoms with E-state index in [0.717, 1.165) is 34.1 Å². The van der Waals surface area contributed by atoms with Crippen LogP contribution in [0.15, 0.2) is 59.1 Å². The first-order valence-electron chi connectivity index (χ1n) is 9.50. The fourth-order valence-corrected chi connectivity index (χ4v) is 3.72. The quantitative estimate of drug-likeness (QED) is 0.503. The van der Waals surface area contributed by atoms with Gasteiger partial charge in [0.1, 0.15) is 5.82 Å². The highest BCUT2D eigenvalue weighted by Gasteiger charge is 2.15. The van der Waals surface area contributed by atoms with Gasteiger partial charge in [-0.3, -0.25) is 5.10 Å². The van der Waals surface area contributed by atoms with Crippen LogP contribution in [0.5, 0.6) is 0 Å². The van der Waals surface area contributed by atoms with E-state index in [2.05, 4.69) is 31.4 Å². The summed E-state index contributed by atoms with van der Waals surface area (Å²) in [4.78, 5) is 14.1. The molecule has 2 amide bonds. The molecular formula is C22H24BrFN4O. The Bertz CT molecular complexity index is 975. The highest BCUT2D eigenvalue weighted by Crippen LogP contribution is 2.23. The van der Waals surface area contributed by atoms with Crippen molar-refractivity contribution >= 4 is 22.0 Å². The van der Waals surface area contributed by atoms with Crippen LogP contribution in [0.2, 0.25) is 0 Å². The van der Waals surface area contributed by atoms with Crippen LogP contribution in [0.1, 0.15) is 30.6 Å². The van der Waals surface area contributed by atoms with E-state index >= 15 is 0 Å². The Labute approximate surface area is 178 Å². The fraction of sp³-hybridized carbons (Fsp3) is 0.273. The Morgan fingerprint density at radius 3 is 2.79 bits per heavy atom. The number of hydrogen-bond donors (Lipinski definition) is 2. The van der Waals surface area contributed by atoms with Crippen LogP contribution in [-0.2, 0) is 6.42 Å². The van der Waals surface area contributed by atoms with E-state index in [-0.39, 0.29) is 17.9 Å². The third kappa shape index (κ3) is 5.67. The Kier molecular flexibility index (Phi) is 7.04. The number of hydrogen-bond acceptors (Lipinski definition) is 2.